The van der Waals surface area contributed by atoms with E-state index in [1.165, 1.54) is 16.5 Å². The Balaban J connectivity index is 1.47. The summed E-state index contributed by atoms with van der Waals surface area (Å²) in [5.41, 5.74) is 7.39. The fourth-order valence-electron chi connectivity index (χ4n) is 5.18. The highest BCUT2D eigenvalue weighted by molar-refractivity contribution is 9.10. The molecule has 0 aliphatic heterocycles. The number of furan rings is 1. The van der Waals surface area contributed by atoms with Crippen molar-refractivity contribution in [1.82, 2.24) is 0 Å². The normalized spacial score (nSPS) is 11.4. The Hall–Kier alpha value is -4.34. The van der Waals surface area contributed by atoms with Crippen LogP contribution in [-0.2, 0) is 0 Å². The highest BCUT2D eigenvalue weighted by atomic mass is 79.9. The van der Waals surface area contributed by atoms with E-state index < -0.39 is 0 Å². The standard InChI is InChI=1S/C34H22BrNO/c35-25-15-17-26(18-16-25)36(32-13-7-6-11-28(32)23-8-2-1-3-9-23)27-19-21-30-31-20-14-24-10-4-5-12-29(24)34(31)37-33(30)22-27/h1-22H. The molecule has 0 fully saturated rings. The van der Waals surface area contributed by atoms with Crippen LogP contribution in [0.5, 0.6) is 0 Å². The zero-order valence-electron chi connectivity index (χ0n) is 19.9. The third-order valence-corrected chi connectivity index (χ3v) is 7.45. The predicted octanol–water partition coefficient (Wildman–Crippen LogP) is 10.6. The van der Waals surface area contributed by atoms with Crippen LogP contribution in [0.25, 0.3) is 43.8 Å². The fraction of sp³-hybridized carbons (Fsp3) is 0. The Morgan fingerprint density at radius 1 is 0.541 bits per heavy atom. The fourth-order valence-corrected chi connectivity index (χ4v) is 5.44. The number of benzene rings is 6. The number of para-hydroxylation sites is 1. The van der Waals surface area contributed by atoms with E-state index in [1.807, 2.05) is 0 Å². The van der Waals surface area contributed by atoms with Gasteiger partial charge in [-0.25, -0.2) is 0 Å². The summed E-state index contributed by atoms with van der Waals surface area (Å²) in [6.45, 7) is 0. The molecular formula is C34H22BrNO. The number of hydrogen-bond acceptors (Lipinski definition) is 2. The minimum Gasteiger partial charge on any atom is -0.455 e. The second kappa shape index (κ2) is 8.95. The van der Waals surface area contributed by atoms with Crippen molar-refractivity contribution in [2.75, 3.05) is 4.90 Å². The van der Waals surface area contributed by atoms with E-state index in [-0.39, 0.29) is 0 Å². The van der Waals surface area contributed by atoms with Gasteiger partial charge in [0.25, 0.3) is 0 Å². The summed E-state index contributed by atoms with van der Waals surface area (Å²) in [4.78, 5) is 2.31. The molecule has 1 aromatic heterocycles. The quantitative estimate of drug-likeness (QED) is 0.221. The lowest BCUT2D eigenvalue weighted by atomic mass is 10.0. The lowest BCUT2D eigenvalue weighted by Crippen LogP contribution is -2.11. The Bertz CT molecular complexity index is 1890. The Morgan fingerprint density at radius 3 is 2.11 bits per heavy atom. The molecule has 1 heterocycles. The van der Waals surface area contributed by atoms with Gasteiger partial charge in [-0.1, -0.05) is 94.8 Å². The van der Waals surface area contributed by atoms with E-state index in [9.17, 15) is 0 Å². The van der Waals surface area contributed by atoms with Gasteiger partial charge in [0.15, 0.2) is 0 Å². The van der Waals surface area contributed by atoms with Crippen LogP contribution in [0.3, 0.4) is 0 Å². The van der Waals surface area contributed by atoms with E-state index in [0.29, 0.717) is 0 Å². The Labute approximate surface area is 223 Å². The number of halogens is 1. The number of rotatable bonds is 4. The van der Waals surface area contributed by atoms with E-state index >= 15 is 0 Å². The molecule has 7 rings (SSSR count). The number of hydrogen-bond donors (Lipinski definition) is 0. The molecule has 3 heteroatoms. The molecular weight excluding hydrogens is 518 g/mol. The third kappa shape index (κ3) is 3.80. The Kier molecular flexibility index (Phi) is 5.30. The molecule has 0 bridgehead atoms. The van der Waals surface area contributed by atoms with E-state index in [4.69, 9.17) is 4.42 Å². The summed E-state index contributed by atoms with van der Waals surface area (Å²) < 4.78 is 7.58. The van der Waals surface area contributed by atoms with Crippen LogP contribution < -0.4 is 4.90 Å². The van der Waals surface area contributed by atoms with Gasteiger partial charge in [-0.3, -0.25) is 0 Å². The van der Waals surface area contributed by atoms with Crippen LogP contribution in [0.4, 0.5) is 17.1 Å². The van der Waals surface area contributed by atoms with Crippen LogP contribution in [-0.4, -0.2) is 0 Å². The van der Waals surface area contributed by atoms with Crippen LogP contribution in [0, 0.1) is 0 Å². The molecule has 0 amide bonds. The van der Waals surface area contributed by atoms with Crippen molar-refractivity contribution in [2.24, 2.45) is 0 Å². The van der Waals surface area contributed by atoms with Crippen molar-refractivity contribution >= 4 is 65.7 Å². The van der Waals surface area contributed by atoms with Gasteiger partial charge >= 0.3 is 0 Å². The number of nitrogens with zero attached hydrogens (tertiary/aromatic N) is 1. The Morgan fingerprint density at radius 2 is 1.24 bits per heavy atom. The predicted molar refractivity (Wildman–Crippen MR) is 159 cm³/mol. The molecule has 0 unspecified atom stereocenters. The smallest absolute Gasteiger partial charge is 0.143 e. The number of anilines is 3. The summed E-state index contributed by atoms with van der Waals surface area (Å²) in [5, 5.41) is 4.58. The van der Waals surface area contributed by atoms with Crippen LogP contribution >= 0.6 is 15.9 Å². The molecule has 0 saturated carbocycles. The zero-order valence-corrected chi connectivity index (χ0v) is 21.5. The van der Waals surface area contributed by atoms with Gasteiger partial charge in [-0.05, 0) is 59.5 Å². The highest BCUT2D eigenvalue weighted by Crippen LogP contribution is 2.43. The monoisotopic (exact) mass is 539 g/mol. The molecule has 0 N–H and O–H groups in total. The summed E-state index contributed by atoms with van der Waals surface area (Å²) in [6, 6.07) is 46.8. The first-order valence-corrected chi connectivity index (χ1v) is 13.1. The molecule has 37 heavy (non-hydrogen) atoms. The molecule has 176 valence electrons. The van der Waals surface area contributed by atoms with Crippen LogP contribution in [0.1, 0.15) is 0 Å². The summed E-state index contributed by atoms with van der Waals surface area (Å²) in [5.74, 6) is 0. The van der Waals surface area contributed by atoms with Gasteiger partial charge in [-0.2, -0.15) is 0 Å². The van der Waals surface area contributed by atoms with Gasteiger partial charge in [0.2, 0.25) is 0 Å². The van der Waals surface area contributed by atoms with Gasteiger partial charge in [0.1, 0.15) is 11.2 Å². The molecule has 2 nitrogen and oxygen atoms in total. The maximum absolute atomic E-state index is 6.53. The first-order valence-electron chi connectivity index (χ1n) is 12.3. The summed E-state index contributed by atoms with van der Waals surface area (Å²) in [7, 11) is 0. The second-order valence-corrected chi connectivity index (χ2v) is 10.1. The molecule has 0 aliphatic rings. The first-order chi connectivity index (χ1) is 18.3. The van der Waals surface area contributed by atoms with Crippen molar-refractivity contribution in [3.63, 3.8) is 0 Å². The lowest BCUT2D eigenvalue weighted by Gasteiger charge is -2.28. The molecule has 0 atom stereocenters. The van der Waals surface area contributed by atoms with Gasteiger partial charge < -0.3 is 9.32 Å². The highest BCUT2D eigenvalue weighted by Gasteiger charge is 2.19. The van der Waals surface area contributed by atoms with E-state index in [1.54, 1.807) is 0 Å². The molecule has 0 spiro atoms. The van der Waals surface area contributed by atoms with Crippen molar-refractivity contribution in [2.45, 2.75) is 0 Å². The van der Waals surface area contributed by atoms with Crippen LogP contribution in [0.15, 0.2) is 142 Å². The SMILES string of the molecule is Brc1ccc(N(c2ccc3c(c2)oc2c4ccccc4ccc32)c2ccccc2-c2ccccc2)cc1. The third-order valence-electron chi connectivity index (χ3n) is 6.92. The lowest BCUT2D eigenvalue weighted by molar-refractivity contribution is 0.672. The number of fused-ring (bicyclic) bond motifs is 5. The van der Waals surface area contributed by atoms with Gasteiger partial charge in [0, 0.05) is 43.6 Å². The average molecular weight is 540 g/mol. The summed E-state index contributed by atoms with van der Waals surface area (Å²) in [6.07, 6.45) is 0. The first kappa shape index (κ1) is 21.9. The van der Waals surface area contributed by atoms with Crippen molar-refractivity contribution in [3.05, 3.63) is 138 Å². The largest absolute Gasteiger partial charge is 0.455 e. The van der Waals surface area contributed by atoms with Crippen LogP contribution in [0.2, 0.25) is 0 Å². The summed E-state index contributed by atoms with van der Waals surface area (Å²) >= 11 is 3.60. The minimum atomic E-state index is 0.878. The molecule has 0 aliphatic carbocycles. The zero-order chi connectivity index (χ0) is 24.8. The van der Waals surface area contributed by atoms with Crippen molar-refractivity contribution < 1.29 is 4.42 Å². The average Bonchev–Trinajstić information content (AvgIpc) is 3.33. The molecule has 0 saturated heterocycles. The van der Waals surface area contributed by atoms with Gasteiger partial charge in [-0.15, -0.1) is 0 Å². The maximum atomic E-state index is 6.53. The van der Waals surface area contributed by atoms with Gasteiger partial charge in [0.05, 0.1) is 5.69 Å². The molecule has 7 aromatic rings. The van der Waals surface area contributed by atoms with E-state index in [0.717, 1.165) is 48.9 Å². The maximum Gasteiger partial charge on any atom is 0.143 e. The molecule has 6 aromatic carbocycles. The van der Waals surface area contributed by atoms with Crippen molar-refractivity contribution in [1.29, 1.82) is 0 Å². The second-order valence-electron chi connectivity index (χ2n) is 9.14. The molecule has 0 radical (unpaired) electrons. The van der Waals surface area contributed by atoms with Crippen molar-refractivity contribution in [3.8, 4) is 11.1 Å². The van der Waals surface area contributed by atoms with E-state index in [2.05, 4.69) is 154 Å². The minimum absolute atomic E-state index is 0.878. The topological polar surface area (TPSA) is 16.4 Å².